The predicted molar refractivity (Wildman–Crippen MR) is 136 cm³/mol. The standard InChI is InChI=1S/C27H33N3O4S/c1-3-10-25-29-23-15-7-8-16-24(31)26(23)30(25)17-19-12-9-14-22(27(19)35(28,32)33)21-13-6-5-11-20(21)18-34-4-2/h5-6,9,11-14H,3-4,7-8,10,15-18H2,1-2H3,(H2,28,32,33). The predicted octanol–water partition coefficient (Wildman–Crippen LogP) is 4.64. The summed E-state index contributed by atoms with van der Waals surface area (Å²) < 4.78 is 33.5. The number of Topliss-reactive ketones (excluding diaryl/α,β-unsaturated/α-hetero) is 1. The van der Waals surface area contributed by atoms with Crippen molar-refractivity contribution in [3.63, 3.8) is 0 Å². The quantitative estimate of drug-likeness (QED) is 0.435. The number of sulfonamides is 1. The molecule has 0 atom stereocenters. The number of rotatable bonds is 9. The number of benzene rings is 2. The van der Waals surface area contributed by atoms with E-state index in [0.29, 0.717) is 42.9 Å². The minimum atomic E-state index is -4.08. The average Bonchev–Trinajstić information content (AvgIpc) is 3.05. The third-order valence-electron chi connectivity index (χ3n) is 6.40. The van der Waals surface area contributed by atoms with Gasteiger partial charge in [0.1, 0.15) is 11.5 Å². The molecule has 0 aliphatic heterocycles. The summed E-state index contributed by atoms with van der Waals surface area (Å²) in [4.78, 5) is 17.9. The Morgan fingerprint density at radius 2 is 1.71 bits per heavy atom. The molecule has 3 aromatic rings. The van der Waals surface area contributed by atoms with E-state index in [-0.39, 0.29) is 17.2 Å². The first-order valence-corrected chi connectivity index (χ1v) is 13.8. The van der Waals surface area contributed by atoms with E-state index in [1.54, 1.807) is 12.1 Å². The molecule has 1 aromatic heterocycles. The van der Waals surface area contributed by atoms with Crippen LogP contribution in [-0.2, 0) is 40.8 Å². The molecule has 0 saturated heterocycles. The Bertz CT molecular complexity index is 1330. The van der Waals surface area contributed by atoms with Crippen LogP contribution in [0, 0.1) is 0 Å². The molecular formula is C27H33N3O4S. The third-order valence-corrected chi connectivity index (χ3v) is 7.45. The zero-order valence-electron chi connectivity index (χ0n) is 20.4. The second-order valence-corrected chi connectivity index (χ2v) is 10.4. The van der Waals surface area contributed by atoms with Crippen molar-refractivity contribution in [2.24, 2.45) is 5.14 Å². The summed E-state index contributed by atoms with van der Waals surface area (Å²) in [6.07, 6.45) is 4.59. The zero-order valence-corrected chi connectivity index (χ0v) is 21.2. The molecule has 1 aliphatic rings. The number of carbonyl (C=O) groups is 1. The van der Waals surface area contributed by atoms with E-state index in [1.165, 1.54) is 0 Å². The van der Waals surface area contributed by atoms with Gasteiger partial charge in [0.25, 0.3) is 0 Å². The van der Waals surface area contributed by atoms with Crippen molar-refractivity contribution < 1.29 is 17.9 Å². The fourth-order valence-electron chi connectivity index (χ4n) is 4.87. The second kappa shape index (κ2) is 10.8. The first-order chi connectivity index (χ1) is 16.8. The Balaban J connectivity index is 1.89. The summed E-state index contributed by atoms with van der Waals surface area (Å²) in [5.74, 6) is 0.887. The largest absolute Gasteiger partial charge is 0.377 e. The molecule has 1 aliphatic carbocycles. The average molecular weight is 496 g/mol. The van der Waals surface area contributed by atoms with Gasteiger partial charge in [0.2, 0.25) is 10.0 Å². The molecule has 2 N–H and O–H groups in total. The monoisotopic (exact) mass is 495 g/mol. The van der Waals surface area contributed by atoms with Gasteiger partial charge in [-0.2, -0.15) is 0 Å². The molecule has 7 nitrogen and oxygen atoms in total. The summed E-state index contributed by atoms with van der Waals surface area (Å²) in [5.41, 5.74) is 4.18. The van der Waals surface area contributed by atoms with Crippen LogP contribution in [-0.4, -0.2) is 30.4 Å². The highest BCUT2D eigenvalue weighted by atomic mass is 32.2. The van der Waals surface area contributed by atoms with Crippen LogP contribution in [0.5, 0.6) is 0 Å². The Kier molecular flexibility index (Phi) is 7.84. The summed E-state index contributed by atoms with van der Waals surface area (Å²) >= 11 is 0. The molecule has 2 aromatic carbocycles. The van der Waals surface area contributed by atoms with Crippen LogP contribution in [0.1, 0.15) is 72.7 Å². The summed E-state index contributed by atoms with van der Waals surface area (Å²) in [6.45, 7) is 5.12. The number of aromatic nitrogens is 2. The number of ether oxygens (including phenoxy) is 1. The van der Waals surface area contributed by atoms with Crippen molar-refractivity contribution in [1.82, 2.24) is 9.55 Å². The number of ketones is 1. The molecule has 0 spiro atoms. The van der Waals surface area contributed by atoms with Crippen LogP contribution in [0.3, 0.4) is 0 Å². The van der Waals surface area contributed by atoms with Gasteiger partial charge in [0.05, 0.1) is 23.7 Å². The minimum absolute atomic E-state index is 0.0720. The number of aryl methyl sites for hydroxylation is 2. The van der Waals surface area contributed by atoms with Crippen LogP contribution in [0.2, 0.25) is 0 Å². The van der Waals surface area contributed by atoms with E-state index in [2.05, 4.69) is 6.92 Å². The van der Waals surface area contributed by atoms with Crippen molar-refractivity contribution >= 4 is 15.8 Å². The number of nitrogens with zero attached hydrogens (tertiary/aromatic N) is 2. The lowest BCUT2D eigenvalue weighted by molar-refractivity contribution is 0.0973. The molecule has 4 rings (SSSR count). The van der Waals surface area contributed by atoms with Crippen LogP contribution in [0.4, 0.5) is 0 Å². The zero-order chi connectivity index (χ0) is 25.0. The maximum atomic E-state index is 13.0. The van der Waals surface area contributed by atoms with Crippen LogP contribution >= 0.6 is 0 Å². The fourth-order valence-corrected chi connectivity index (χ4v) is 5.85. The highest BCUT2D eigenvalue weighted by Gasteiger charge is 2.27. The molecule has 0 bridgehead atoms. The highest BCUT2D eigenvalue weighted by Crippen LogP contribution is 2.34. The maximum Gasteiger partial charge on any atom is 0.239 e. The van der Waals surface area contributed by atoms with E-state index >= 15 is 0 Å². The van der Waals surface area contributed by atoms with E-state index in [0.717, 1.165) is 48.3 Å². The number of nitrogens with two attached hydrogens (primary N) is 1. The number of imidazole rings is 1. The molecule has 1 heterocycles. The lowest BCUT2D eigenvalue weighted by Gasteiger charge is -2.18. The van der Waals surface area contributed by atoms with Gasteiger partial charge in [-0.25, -0.2) is 18.5 Å². The number of fused-ring (bicyclic) bond motifs is 1. The van der Waals surface area contributed by atoms with E-state index in [9.17, 15) is 13.2 Å². The number of hydrogen-bond donors (Lipinski definition) is 1. The van der Waals surface area contributed by atoms with Crippen molar-refractivity contribution in [1.29, 1.82) is 0 Å². The fraction of sp³-hybridized carbons (Fsp3) is 0.407. The van der Waals surface area contributed by atoms with Gasteiger partial charge in [-0.15, -0.1) is 0 Å². The first kappa shape index (κ1) is 25.3. The number of carbonyl (C=O) groups excluding carboxylic acids is 1. The molecule has 0 unspecified atom stereocenters. The second-order valence-electron chi connectivity index (χ2n) is 8.92. The smallest absolute Gasteiger partial charge is 0.239 e. The molecule has 0 radical (unpaired) electrons. The van der Waals surface area contributed by atoms with Crippen molar-refractivity contribution in [3.05, 3.63) is 70.8 Å². The van der Waals surface area contributed by atoms with Crippen molar-refractivity contribution in [3.8, 4) is 11.1 Å². The van der Waals surface area contributed by atoms with Gasteiger partial charge in [-0.05, 0) is 49.3 Å². The van der Waals surface area contributed by atoms with Crippen LogP contribution in [0.25, 0.3) is 11.1 Å². The van der Waals surface area contributed by atoms with Crippen molar-refractivity contribution in [2.75, 3.05) is 6.61 Å². The molecule has 8 heteroatoms. The normalized spacial score (nSPS) is 14.1. The van der Waals surface area contributed by atoms with Crippen molar-refractivity contribution in [2.45, 2.75) is 70.4 Å². The van der Waals surface area contributed by atoms with Gasteiger partial charge >= 0.3 is 0 Å². The lowest BCUT2D eigenvalue weighted by Crippen LogP contribution is -2.19. The molecule has 0 saturated carbocycles. The Hall–Kier alpha value is -2.81. The molecular weight excluding hydrogens is 462 g/mol. The lowest BCUT2D eigenvalue weighted by atomic mass is 9.98. The topological polar surface area (TPSA) is 104 Å². The van der Waals surface area contributed by atoms with Crippen LogP contribution < -0.4 is 5.14 Å². The minimum Gasteiger partial charge on any atom is -0.377 e. The molecule has 0 fully saturated rings. The van der Waals surface area contributed by atoms with Gasteiger partial charge in [0.15, 0.2) is 5.78 Å². The number of primary sulfonamides is 1. The first-order valence-electron chi connectivity index (χ1n) is 12.3. The summed E-state index contributed by atoms with van der Waals surface area (Å²) in [7, 11) is -4.08. The molecule has 35 heavy (non-hydrogen) atoms. The summed E-state index contributed by atoms with van der Waals surface area (Å²) in [5, 5.41) is 5.81. The van der Waals surface area contributed by atoms with E-state index in [4.69, 9.17) is 14.9 Å². The Morgan fingerprint density at radius 3 is 2.46 bits per heavy atom. The van der Waals surface area contributed by atoms with Gasteiger partial charge in [-0.1, -0.05) is 49.4 Å². The maximum absolute atomic E-state index is 13.0. The van der Waals surface area contributed by atoms with Gasteiger partial charge < -0.3 is 9.30 Å². The highest BCUT2D eigenvalue weighted by molar-refractivity contribution is 7.89. The SMILES string of the molecule is CCCc1nc2c(n1Cc1cccc(-c3ccccc3COCC)c1S(N)(=O)=O)C(=O)CCCC2. The van der Waals surface area contributed by atoms with E-state index < -0.39 is 10.0 Å². The van der Waals surface area contributed by atoms with Gasteiger partial charge in [0, 0.05) is 25.0 Å². The molecule has 186 valence electrons. The third kappa shape index (κ3) is 5.39. The number of hydrogen-bond acceptors (Lipinski definition) is 5. The summed E-state index contributed by atoms with van der Waals surface area (Å²) in [6, 6.07) is 13.0. The van der Waals surface area contributed by atoms with Gasteiger partial charge in [-0.3, -0.25) is 4.79 Å². The molecule has 0 amide bonds. The van der Waals surface area contributed by atoms with E-state index in [1.807, 2.05) is 41.8 Å². The Labute approximate surface area is 207 Å². The Morgan fingerprint density at radius 1 is 1.00 bits per heavy atom. The van der Waals surface area contributed by atoms with Crippen LogP contribution in [0.15, 0.2) is 47.4 Å².